The first-order chi connectivity index (χ1) is 10.6. The summed E-state index contributed by atoms with van der Waals surface area (Å²) < 4.78 is 18.6. The first kappa shape index (κ1) is 19.9. The third-order valence-corrected chi connectivity index (χ3v) is 4.47. The van der Waals surface area contributed by atoms with Crippen molar-refractivity contribution in [1.29, 1.82) is 0 Å². The lowest BCUT2D eigenvalue weighted by Crippen LogP contribution is -2.66. The standard InChI is InChI=1S/C18H37NO3/c1-4-7-14-20-17(19)12-10-11-13-18(17,21-15-8-5-2)22-16-9-6-3/h4-16,19H2,1-3H3. The lowest BCUT2D eigenvalue weighted by atomic mass is 9.85. The zero-order valence-electron chi connectivity index (χ0n) is 15.0. The lowest BCUT2D eigenvalue weighted by Gasteiger charge is -2.50. The topological polar surface area (TPSA) is 53.7 Å². The van der Waals surface area contributed by atoms with Gasteiger partial charge in [-0.1, -0.05) is 40.0 Å². The van der Waals surface area contributed by atoms with Gasteiger partial charge in [-0.15, -0.1) is 0 Å². The Morgan fingerprint density at radius 3 is 1.68 bits per heavy atom. The van der Waals surface area contributed by atoms with Crippen molar-refractivity contribution in [3.63, 3.8) is 0 Å². The molecule has 1 aliphatic carbocycles. The van der Waals surface area contributed by atoms with Crippen molar-refractivity contribution in [2.24, 2.45) is 5.73 Å². The molecule has 0 bridgehead atoms. The van der Waals surface area contributed by atoms with Crippen LogP contribution in [0.5, 0.6) is 0 Å². The van der Waals surface area contributed by atoms with Crippen LogP contribution in [-0.2, 0) is 14.2 Å². The summed E-state index contributed by atoms with van der Waals surface area (Å²) in [6.07, 6.45) is 10.2. The maximum Gasteiger partial charge on any atom is 0.211 e. The van der Waals surface area contributed by atoms with Crippen LogP contribution in [-0.4, -0.2) is 31.3 Å². The maximum atomic E-state index is 6.67. The Labute approximate surface area is 137 Å². The molecule has 1 aliphatic rings. The Morgan fingerprint density at radius 1 is 0.727 bits per heavy atom. The Balaban J connectivity index is 2.78. The molecule has 22 heavy (non-hydrogen) atoms. The molecule has 0 aliphatic heterocycles. The van der Waals surface area contributed by atoms with E-state index in [4.69, 9.17) is 19.9 Å². The summed E-state index contributed by atoms with van der Waals surface area (Å²) in [6, 6.07) is 0. The van der Waals surface area contributed by atoms with Gasteiger partial charge in [0.2, 0.25) is 5.79 Å². The van der Waals surface area contributed by atoms with Crippen molar-refractivity contribution in [3.8, 4) is 0 Å². The van der Waals surface area contributed by atoms with Crippen LogP contribution >= 0.6 is 0 Å². The van der Waals surface area contributed by atoms with Gasteiger partial charge in [0.1, 0.15) is 0 Å². The molecule has 1 rings (SSSR count). The second-order valence-corrected chi connectivity index (χ2v) is 6.46. The fourth-order valence-corrected chi connectivity index (χ4v) is 2.92. The van der Waals surface area contributed by atoms with E-state index in [0.29, 0.717) is 19.8 Å². The summed E-state index contributed by atoms with van der Waals surface area (Å²) in [5, 5.41) is 0. The molecule has 0 aromatic carbocycles. The minimum atomic E-state index is -0.804. The molecule has 0 aromatic rings. The van der Waals surface area contributed by atoms with Gasteiger partial charge in [-0.3, -0.25) is 5.73 Å². The van der Waals surface area contributed by atoms with Gasteiger partial charge < -0.3 is 14.2 Å². The summed E-state index contributed by atoms with van der Waals surface area (Å²) in [5.41, 5.74) is 5.87. The average molecular weight is 315 g/mol. The quantitative estimate of drug-likeness (QED) is 0.429. The van der Waals surface area contributed by atoms with E-state index in [2.05, 4.69) is 20.8 Å². The fourth-order valence-electron chi connectivity index (χ4n) is 2.92. The second-order valence-electron chi connectivity index (χ2n) is 6.46. The zero-order valence-corrected chi connectivity index (χ0v) is 15.0. The van der Waals surface area contributed by atoms with Crippen LogP contribution < -0.4 is 5.73 Å². The van der Waals surface area contributed by atoms with E-state index in [1.165, 1.54) is 0 Å². The first-order valence-electron chi connectivity index (χ1n) is 9.35. The maximum absolute atomic E-state index is 6.67. The van der Waals surface area contributed by atoms with Gasteiger partial charge in [-0.2, -0.15) is 0 Å². The molecule has 4 heteroatoms. The number of ether oxygens (including phenoxy) is 3. The third kappa shape index (κ3) is 5.48. The van der Waals surface area contributed by atoms with E-state index in [1.54, 1.807) is 0 Å². The van der Waals surface area contributed by atoms with Gasteiger partial charge in [0, 0.05) is 13.0 Å². The molecule has 1 unspecified atom stereocenters. The van der Waals surface area contributed by atoms with E-state index in [0.717, 1.165) is 64.2 Å². The minimum absolute atomic E-state index is 0.684. The van der Waals surface area contributed by atoms with Crippen molar-refractivity contribution in [2.75, 3.05) is 19.8 Å². The van der Waals surface area contributed by atoms with Crippen molar-refractivity contribution < 1.29 is 14.2 Å². The highest BCUT2D eigenvalue weighted by Crippen LogP contribution is 2.41. The molecule has 0 heterocycles. The number of nitrogens with two attached hydrogens (primary N) is 1. The Bertz CT molecular complexity index is 276. The predicted molar refractivity (Wildman–Crippen MR) is 90.7 cm³/mol. The van der Waals surface area contributed by atoms with Gasteiger partial charge in [0.05, 0.1) is 13.2 Å². The SMILES string of the molecule is CCCCOC1(N)CCCCC1(OCCCC)OCCCC. The summed E-state index contributed by atoms with van der Waals surface area (Å²) >= 11 is 0. The van der Waals surface area contributed by atoms with Crippen LogP contribution in [0.2, 0.25) is 0 Å². The van der Waals surface area contributed by atoms with E-state index < -0.39 is 11.5 Å². The van der Waals surface area contributed by atoms with E-state index in [9.17, 15) is 0 Å². The van der Waals surface area contributed by atoms with Crippen LogP contribution in [0, 0.1) is 0 Å². The van der Waals surface area contributed by atoms with Crippen LogP contribution in [0.4, 0.5) is 0 Å². The van der Waals surface area contributed by atoms with Crippen molar-refractivity contribution >= 4 is 0 Å². The Morgan fingerprint density at radius 2 is 1.18 bits per heavy atom. The molecule has 1 saturated carbocycles. The summed E-state index contributed by atoms with van der Waals surface area (Å²) in [4.78, 5) is 0. The van der Waals surface area contributed by atoms with Crippen molar-refractivity contribution in [3.05, 3.63) is 0 Å². The van der Waals surface area contributed by atoms with Gasteiger partial charge in [0.15, 0.2) is 5.72 Å². The van der Waals surface area contributed by atoms with Gasteiger partial charge in [0.25, 0.3) is 0 Å². The average Bonchev–Trinajstić information content (AvgIpc) is 2.51. The molecular formula is C18H37NO3. The molecule has 0 radical (unpaired) electrons. The largest absolute Gasteiger partial charge is 0.355 e. The van der Waals surface area contributed by atoms with E-state index in [1.807, 2.05) is 0 Å². The van der Waals surface area contributed by atoms with Crippen LogP contribution in [0.15, 0.2) is 0 Å². The number of unbranched alkanes of at least 4 members (excludes halogenated alkanes) is 3. The fraction of sp³-hybridized carbons (Fsp3) is 1.00. The summed E-state index contributed by atoms with van der Waals surface area (Å²) in [7, 11) is 0. The molecular weight excluding hydrogens is 278 g/mol. The Kier molecular flexibility index (Phi) is 9.57. The highest BCUT2D eigenvalue weighted by atomic mass is 16.7. The van der Waals surface area contributed by atoms with Crippen LogP contribution in [0.25, 0.3) is 0 Å². The zero-order chi connectivity index (χ0) is 16.3. The molecule has 132 valence electrons. The van der Waals surface area contributed by atoms with E-state index >= 15 is 0 Å². The molecule has 0 spiro atoms. The first-order valence-corrected chi connectivity index (χ1v) is 9.35. The highest BCUT2D eigenvalue weighted by molar-refractivity contribution is 4.96. The molecule has 4 nitrogen and oxygen atoms in total. The number of hydrogen-bond donors (Lipinski definition) is 1. The molecule has 1 fully saturated rings. The minimum Gasteiger partial charge on any atom is -0.355 e. The van der Waals surface area contributed by atoms with Gasteiger partial charge >= 0.3 is 0 Å². The lowest BCUT2D eigenvalue weighted by molar-refractivity contribution is -0.345. The predicted octanol–water partition coefficient (Wildman–Crippen LogP) is 4.36. The number of rotatable bonds is 12. The van der Waals surface area contributed by atoms with Crippen LogP contribution in [0.1, 0.15) is 85.0 Å². The normalized spacial score (nSPS) is 24.5. The smallest absolute Gasteiger partial charge is 0.211 e. The van der Waals surface area contributed by atoms with Gasteiger partial charge in [-0.05, 0) is 38.5 Å². The summed E-state index contributed by atoms with van der Waals surface area (Å²) in [5.74, 6) is -0.761. The molecule has 0 amide bonds. The molecule has 0 saturated heterocycles. The van der Waals surface area contributed by atoms with Crippen molar-refractivity contribution in [2.45, 2.75) is 96.5 Å². The van der Waals surface area contributed by atoms with E-state index in [-0.39, 0.29) is 0 Å². The monoisotopic (exact) mass is 315 g/mol. The Hall–Kier alpha value is -0.160. The van der Waals surface area contributed by atoms with Crippen molar-refractivity contribution in [1.82, 2.24) is 0 Å². The number of hydrogen-bond acceptors (Lipinski definition) is 4. The third-order valence-electron chi connectivity index (χ3n) is 4.47. The highest BCUT2D eigenvalue weighted by Gasteiger charge is 2.54. The molecule has 1 atom stereocenters. The molecule has 0 aromatic heterocycles. The van der Waals surface area contributed by atoms with Gasteiger partial charge in [-0.25, -0.2) is 0 Å². The van der Waals surface area contributed by atoms with Crippen LogP contribution in [0.3, 0.4) is 0 Å². The summed E-state index contributed by atoms with van der Waals surface area (Å²) in [6.45, 7) is 8.57. The molecule has 2 N–H and O–H groups in total. The second kappa shape index (κ2) is 10.6.